The molecule has 3 N–H and O–H groups in total. The summed E-state index contributed by atoms with van der Waals surface area (Å²) in [4.78, 5) is 26.6. The second-order valence-electron chi connectivity index (χ2n) is 15.1. The molecular weight excluding hydrogens is 849 g/mol. The molecule has 5 rings (SSSR count). The third-order valence-corrected chi connectivity index (χ3v) is 13.5. The molecule has 3 saturated heterocycles. The number of alkyl carbamates (subject to hydrolysis) is 1. The summed E-state index contributed by atoms with van der Waals surface area (Å²) < 4.78 is 50.5. The predicted molar refractivity (Wildman–Crippen MR) is 237 cm³/mol. The fourth-order valence-corrected chi connectivity index (χ4v) is 9.45. The zero-order valence-corrected chi connectivity index (χ0v) is 38.4. The molecular formula is C43H56N2O11S4. The van der Waals surface area contributed by atoms with Crippen molar-refractivity contribution in [1.29, 1.82) is 0 Å². The van der Waals surface area contributed by atoms with Crippen LogP contribution in [0.4, 0.5) is 4.79 Å². The summed E-state index contributed by atoms with van der Waals surface area (Å²) in [6.45, 7) is 8.30. The van der Waals surface area contributed by atoms with E-state index >= 15 is 0 Å². The van der Waals surface area contributed by atoms with Gasteiger partial charge in [0.25, 0.3) is 0 Å². The minimum Gasteiger partial charge on any atom is -0.453 e. The number of methoxy groups -OCH3 is 2. The topological polar surface area (TPSA) is 152 Å². The molecule has 328 valence electrons. The lowest BCUT2D eigenvalue weighted by molar-refractivity contribution is -0.367. The molecule has 11 atom stereocenters. The molecule has 0 radical (unpaired) electrons. The molecule has 1 aliphatic carbocycles. The van der Waals surface area contributed by atoms with E-state index in [2.05, 4.69) is 48.2 Å². The van der Waals surface area contributed by atoms with Gasteiger partial charge in [-0.2, -0.15) is 11.8 Å². The standard InChI is InChI=1S/C43H56N2O11S4/c1-9-10-11-12-16-19-33(36-29(20-21-60(8,57)58)31(46)22-32(47)37(36)45-42(48)50-6)54-41-38(55-35-23-34(49-5)30(24-51-35)44-26(2)3)39-43(59-7,27(4)53-41)25-52-40(56-39)28-17-14-13-15-18-28/h11-15,17-18,20,26-27,30-31,33-35,38-41,44,46H,21-25H2,1-8H3,(H,45,48)/b12-11-,29-20-/t27?,30?,31-,33-,34?,35?,38?,39?,40?,41?,43?/m0/s1. The van der Waals surface area contributed by atoms with E-state index in [4.69, 9.17) is 60.3 Å². The number of carbonyl (C=O) groups excluding carboxylic acids is 2. The minimum atomic E-state index is -1.96. The number of aliphatic hydroxyl groups excluding tert-OH is 1. The highest BCUT2D eigenvalue weighted by molar-refractivity contribution is 8.56. The summed E-state index contributed by atoms with van der Waals surface area (Å²) in [6, 6.07) is 9.72. The molecule has 4 aliphatic rings. The number of rotatable bonds is 13. The van der Waals surface area contributed by atoms with Gasteiger partial charge in [-0.1, -0.05) is 75.2 Å². The number of ketones is 1. The molecule has 0 bridgehead atoms. The Morgan fingerprint density at radius 3 is 2.53 bits per heavy atom. The molecule has 13 nitrogen and oxygen atoms in total. The fourth-order valence-electron chi connectivity index (χ4n) is 7.56. The van der Waals surface area contributed by atoms with Crippen LogP contribution in [0.2, 0.25) is 0 Å². The van der Waals surface area contributed by atoms with Crippen LogP contribution in [0.5, 0.6) is 0 Å². The predicted octanol–water partition coefficient (Wildman–Crippen LogP) is 4.01. The van der Waals surface area contributed by atoms with Gasteiger partial charge in [0.2, 0.25) is 0 Å². The number of carbonyl (C=O) groups is 2. The number of aliphatic hydroxyl groups is 1. The maximum Gasteiger partial charge on any atom is 0.411 e. The number of nitrogens with one attached hydrogen (secondary N) is 2. The molecule has 9 unspecified atom stereocenters. The molecule has 1 amide bonds. The zero-order chi connectivity index (χ0) is 43.6. The number of benzene rings is 1. The van der Waals surface area contributed by atoms with Crippen molar-refractivity contribution in [2.24, 2.45) is 0 Å². The van der Waals surface area contributed by atoms with E-state index in [1.54, 1.807) is 32.4 Å². The monoisotopic (exact) mass is 904 g/mol. The Labute approximate surface area is 367 Å². The number of hydrogen-bond donors (Lipinski definition) is 3. The van der Waals surface area contributed by atoms with E-state index in [1.165, 1.54) is 24.9 Å². The van der Waals surface area contributed by atoms with Gasteiger partial charge >= 0.3 is 6.09 Å². The maximum atomic E-state index is 13.8. The molecule has 0 saturated carbocycles. The van der Waals surface area contributed by atoms with Crippen LogP contribution < -0.4 is 10.6 Å². The van der Waals surface area contributed by atoms with Crippen LogP contribution in [-0.4, -0.2) is 129 Å². The minimum absolute atomic E-state index is 0.0798. The average molecular weight is 905 g/mol. The lowest BCUT2D eigenvalue weighted by Crippen LogP contribution is -2.70. The SMILES string of the molecule is CC#C/C=C\C#C[C@H](OC1OC(C)C2(SC)COC(c3ccccc3)OC2C1OC1CC(OC)C(NC(C)C)CO1)C1=C(NC(=O)OC)C(=O)C[C@H](O)/C1=C/CS(C)(=S)=S. The summed E-state index contributed by atoms with van der Waals surface area (Å²) in [7, 11) is 0.885. The van der Waals surface area contributed by atoms with Gasteiger partial charge in [-0.15, -0.1) is 5.92 Å². The smallest absolute Gasteiger partial charge is 0.411 e. The van der Waals surface area contributed by atoms with Gasteiger partial charge in [0.05, 0.1) is 55.1 Å². The molecule has 3 fully saturated rings. The van der Waals surface area contributed by atoms with Crippen molar-refractivity contribution in [3.05, 3.63) is 71.0 Å². The second-order valence-corrected chi connectivity index (χ2v) is 23.5. The quantitative estimate of drug-likeness (QED) is 0.245. The molecule has 17 heteroatoms. The van der Waals surface area contributed by atoms with Crippen molar-refractivity contribution >= 4 is 53.2 Å². The normalized spacial score (nSPS) is 32.1. The Morgan fingerprint density at radius 1 is 1.15 bits per heavy atom. The van der Waals surface area contributed by atoms with Crippen LogP contribution in [0.15, 0.2) is 65.4 Å². The maximum absolute atomic E-state index is 13.8. The number of Topliss-reactive ketones (excluding diaryl/α,β-unsaturated/α-hetero) is 1. The van der Waals surface area contributed by atoms with Gasteiger partial charge < -0.3 is 48.3 Å². The summed E-state index contributed by atoms with van der Waals surface area (Å²) in [5, 5.41) is 17.6. The molecule has 60 heavy (non-hydrogen) atoms. The van der Waals surface area contributed by atoms with Crippen LogP contribution in [0.1, 0.15) is 52.4 Å². The highest BCUT2D eigenvalue weighted by Gasteiger charge is 2.61. The number of allylic oxidation sites excluding steroid dienone is 3. The first kappa shape index (κ1) is 48.3. The Morgan fingerprint density at radius 2 is 1.88 bits per heavy atom. The van der Waals surface area contributed by atoms with Crippen molar-refractivity contribution in [3.63, 3.8) is 0 Å². The van der Waals surface area contributed by atoms with E-state index in [9.17, 15) is 14.7 Å². The van der Waals surface area contributed by atoms with Crippen LogP contribution >= 0.6 is 11.8 Å². The first-order chi connectivity index (χ1) is 28.6. The van der Waals surface area contributed by atoms with Crippen molar-refractivity contribution in [1.82, 2.24) is 10.6 Å². The molecule has 0 aromatic heterocycles. The first-order valence-corrected chi connectivity index (χ1v) is 24.9. The second kappa shape index (κ2) is 22.1. The molecule has 3 aliphatic heterocycles. The first-order valence-electron chi connectivity index (χ1n) is 19.6. The van der Waals surface area contributed by atoms with Crippen LogP contribution in [-0.2, 0) is 72.2 Å². The Kier molecular flexibility index (Phi) is 17.8. The van der Waals surface area contributed by atoms with Gasteiger partial charge in [0.1, 0.15) is 18.3 Å². The van der Waals surface area contributed by atoms with E-state index in [1.807, 2.05) is 43.5 Å². The van der Waals surface area contributed by atoms with Crippen molar-refractivity contribution in [3.8, 4) is 23.7 Å². The van der Waals surface area contributed by atoms with Crippen molar-refractivity contribution in [2.75, 3.05) is 45.7 Å². The van der Waals surface area contributed by atoms with Gasteiger partial charge in [0, 0.05) is 42.9 Å². The van der Waals surface area contributed by atoms with Crippen LogP contribution in [0.3, 0.4) is 0 Å². The third kappa shape index (κ3) is 12.0. The zero-order valence-electron chi connectivity index (χ0n) is 35.2. The van der Waals surface area contributed by atoms with Crippen LogP contribution in [0.25, 0.3) is 0 Å². The average Bonchev–Trinajstić information content (AvgIpc) is 3.22. The molecule has 0 spiro atoms. The lowest BCUT2D eigenvalue weighted by atomic mass is 9.84. The van der Waals surface area contributed by atoms with E-state index < -0.39 is 73.2 Å². The largest absolute Gasteiger partial charge is 0.453 e. The summed E-state index contributed by atoms with van der Waals surface area (Å²) >= 11 is 12.7. The number of ether oxygens (including phenoxy) is 8. The summed E-state index contributed by atoms with van der Waals surface area (Å²) in [5.74, 6) is 11.4. The van der Waals surface area contributed by atoms with Gasteiger partial charge in [-0.3, -0.25) is 10.1 Å². The summed E-state index contributed by atoms with van der Waals surface area (Å²) in [6.07, 6.45) is -0.202. The van der Waals surface area contributed by atoms with E-state index in [0.29, 0.717) is 13.0 Å². The van der Waals surface area contributed by atoms with Gasteiger partial charge in [0.15, 0.2) is 24.7 Å². The summed E-state index contributed by atoms with van der Waals surface area (Å²) in [5.41, 5.74) is 1.03. The number of thioether (sulfide) groups is 1. The number of hydrogen-bond acceptors (Lipinski definition) is 15. The lowest BCUT2D eigenvalue weighted by Gasteiger charge is -2.56. The Bertz CT molecular complexity index is 2010. The number of amides is 1. The molecule has 1 aromatic rings. The van der Waals surface area contributed by atoms with Crippen molar-refractivity contribution < 1.29 is 52.6 Å². The van der Waals surface area contributed by atoms with E-state index in [0.717, 1.165) is 5.56 Å². The Hall–Kier alpha value is -2.72. The van der Waals surface area contributed by atoms with Crippen molar-refractivity contribution in [2.45, 2.75) is 113 Å². The van der Waals surface area contributed by atoms with Crippen LogP contribution in [0, 0.1) is 23.7 Å². The Balaban J connectivity index is 1.66. The fraction of sp³-hybridized carbons (Fsp3) is 0.581. The number of fused-ring (bicyclic) bond motifs is 1. The van der Waals surface area contributed by atoms with Gasteiger partial charge in [-0.05, 0) is 66.5 Å². The third-order valence-electron chi connectivity index (χ3n) is 10.5. The van der Waals surface area contributed by atoms with E-state index in [-0.39, 0.29) is 53.8 Å². The van der Waals surface area contributed by atoms with Gasteiger partial charge in [-0.25, -0.2) is 4.79 Å². The highest BCUT2D eigenvalue weighted by Crippen LogP contribution is 2.49. The molecule has 1 aromatic carbocycles. The highest BCUT2D eigenvalue weighted by atomic mass is 33.1. The molecule has 3 heterocycles.